The van der Waals surface area contributed by atoms with Gasteiger partial charge < -0.3 is 5.32 Å². The van der Waals surface area contributed by atoms with Crippen molar-refractivity contribution in [1.82, 2.24) is 10.2 Å². The van der Waals surface area contributed by atoms with Crippen molar-refractivity contribution in [1.29, 1.82) is 0 Å². The molecule has 1 N–H and O–H groups in total. The highest BCUT2D eigenvalue weighted by molar-refractivity contribution is 6.16. The van der Waals surface area contributed by atoms with Crippen LogP contribution < -0.4 is 5.32 Å². The highest BCUT2D eigenvalue weighted by Crippen LogP contribution is 2.39. The van der Waals surface area contributed by atoms with Gasteiger partial charge in [0, 0.05) is 12.0 Å². The SMILES string of the molecule is CCC(=O)N[C@@]1(C(F)(F)F)N=C(c2ccccc2)N(Cc2ccccc2)C1=O. The summed E-state index contributed by atoms with van der Waals surface area (Å²) in [6.45, 7) is 1.30. The summed E-state index contributed by atoms with van der Waals surface area (Å²) < 4.78 is 42.0. The van der Waals surface area contributed by atoms with Crippen LogP contribution in [-0.4, -0.2) is 34.4 Å². The predicted octanol–water partition coefficient (Wildman–Crippen LogP) is 3.26. The monoisotopic (exact) mass is 389 g/mol. The first-order chi connectivity index (χ1) is 13.3. The van der Waals surface area contributed by atoms with E-state index in [4.69, 9.17) is 0 Å². The van der Waals surface area contributed by atoms with Crippen molar-refractivity contribution in [2.75, 3.05) is 0 Å². The van der Waals surface area contributed by atoms with Crippen molar-refractivity contribution in [3.63, 3.8) is 0 Å². The maximum Gasteiger partial charge on any atom is 0.442 e. The van der Waals surface area contributed by atoms with Gasteiger partial charge in [-0.1, -0.05) is 67.6 Å². The number of aliphatic imine (C=N–C) groups is 1. The summed E-state index contributed by atoms with van der Waals surface area (Å²) in [5, 5.41) is 1.80. The van der Waals surface area contributed by atoms with Gasteiger partial charge in [0.15, 0.2) is 0 Å². The maximum atomic E-state index is 14.0. The molecule has 0 saturated carbocycles. The van der Waals surface area contributed by atoms with E-state index >= 15 is 0 Å². The van der Waals surface area contributed by atoms with E-state index in [1.54, 1.807) is 66.0 Å². The average Bonchev–Trinajstić information content (AvgIpc) is 2.96. The third-order valence-corrected chi connectivity index (χ3v) is 4.35. The van der Waals surface area contributed by atoms with Crippen LogP contribution in [0.2, 0.25) is 0 Å². The summed E-state index contributed by atoms with van der Waals surface area (Å²) in [6, 6.07) is 16.7. The minimum Gasteiger partial charge on any atom is -0.316 e. The number of alkyl halides is 3. The number of benzene rings is 2. The Morgan fingerprint density at radius 1 is 1.07 bits per heavy atom. The molecule has 0 aromatic heterocycles. The van der Waals surface area contributed by atoms with E-state index in [2.05, 4.69) is 4.99 Å². The average molecular weight is 389 g/mol. The Hall–Kier alpha value is -3.16. The zero-order valence-corrected chi connectivity index (χ0v) is 15.0. The number of carbonyl (C=O) groups is 2. The van der Waals surface area contributed by atoms with Crippen LogP contribution in [0.4, 0.5) is 13.2 Å². The Labute approximate surface area is 159 Å². The van der Waals surface area contributed by atoms with Crippen LogP contribution in [0, 0.1) is 0 Å². The molecule has 0 saturated heterocycles. The molecule has 2 aromatic rings. The van der Waals surface area contributed by atoms with Crippen LogP contribution in [0.3, 0.4) is 0 Å². The molecule has 5 nitrogen and oxygen atoms in total. The van der Waals surface area contributed by atoms with Crippen molar-refractivity contribution in [2.24, 2.45) is 4.99 Å². The number of carbonyl (C=O) groups excluding carboxylic acids is 2. The molecule has 8 heteroatoms. The number of amides is 2. The van der Waals surface area contributed by atoms with Crippen LogP contribution in [0.15, 0.2) is 65.7 Å². The third-order valence-electron chi connectivity index (χ3n) is 4.35. The molecule has 1 aliphatic heterocycles. The first-order valence-corrected chi connectivity index (χ1v) is 8.67. The Balaban J connectivity index is 2.12. The normalized spacial score (nSPS) is 19.5. The first-order valence-electron chi connectivity index (χ1n) is 8.67. The van der Waals surface area contributed by atoms with Crippen molar-refractivity contribution in [3.8, 4) is 0 Å². The largest absolute Gasteiger partial charge is 0.442 e. The summed E-state index contributed by atoms with van der Waals surface area (Å²) in [4.78, 5) is 29.5. The molecule has 3 rings (SSSR count). The van der Waals surface area contributed by atoms with Gasteiger partial charge in [-0.05, 0) is 5.56 Å². The Morgan fingerprint density at radius 3 is 2.18 bits per heavy atom. The number of nitrogens with zero attached hydrogens (tertiary/aromatic N) is 2. The lowest BCUT2D eigenvalue weighted by Crippen LogP contribution is -2.63. The minimum atomic E-state index is -5.10. The molecule has 0 unspecified atom stereocenters. The lowest BCUT2D eigenvalue weighted by molar-refractivity contribution is -0.200. The van der Waals surface area contributed by atoms with E-state index in [0.29, 0.717) is 11.1 Å². The number of nitrogens with one attached hydrogen (secondary N) is 1. The van der Waals surface area contributed by atoms with Crippen molar-refractivity contribution >= 4 is 17.6 Å². The topological polar surface area (TPSA) is 61.8 Å². The van der Waals surface area contributed by atoms with Gasteiger partial charge in [-0.3, -0.25) is 14.5 Å². The van der Waals surface area contributed by atoms with Gasteiger partial charge in [-0.2, -0.15) is 13.2 Å². The van der Waals surface area contributed by atoms with Gasteiger partial charge in [-0.25, -0.2) is 4.99 Å². The molecular weight excluding hydrogens is 371 g/mol. The smallest absolute Gasteiger partial charge is 0.316 e. The van der Waals surface area contributed by atoms with Gasteiger partial charge in [0.05, 0.1) is 6.54 Å². The number of halogens is 3. The van der Waals surface area contributed by atoms with Gasteiger partial charge in [-0.15, -0.1) is 0 Å². The lowest BCUT2D eigenvalue weighted by Gasteiger charge is -2.29. The molecule has 0 bridgehead atoms. The number of amidine groups is 1. The van der Waals surface area contributed by atoms with Crippen molar-refractivity contribution < 1.29 is 22.8 Å². The second-order valence-electron chi connectivity index (χ2n) is 6.29. The summed E-state index contributed by atoms with van der Waals surface area (Å²) in [6.07, 6.45) is -5.31. The van der Waals surface area contributed by atoms with Crippen LogP contribution in [0.1, 0.15) is 24.5 Å². The number of hydrogen-bond acceptors (Lipinski definition) is 3. The minimum absolute atomic E-state index is 0.104. The molecule has 2 amide bonds. The molecular formula is C20H18F3N3O2. The standard InChI is InChI=1S/C20H18F3N3O2/c1-2-16(27)24-19(20(21,22)23)18(28)26(13-14-9-5-3-6-10-14)17(25-19)15-11-7-4-8-12-15/h3-12H,2,13H2,1H3,(H,24,27)/t19-/m1/s1. The Morgan fingerprint density at radius 2 is 1.64 bits per heavy atom. The maximum absolute atomic E-state index is 14.0. The van der Waals surface area contributed by atoms with Crippen LogP contribution in [0.25, 0.3) is 0 Å². The van der Waals surface area contributed by atoms with Crippen LogP contribution in [-0.2, 0) is 16.1 Å². The second-order valence-corrected chi connectivity index (χ2v) is 6.29. The molecule has 0 radical (unpaired) electrons. The van der Waals surface area contributed by atoms with Crippen molar-refractivity contribution in [2.45, 2.75) is 31.7 Å². The lowest BCUT2D eigenvalue weighted by atomic mass is 10.1. The highest BCUT2D eigenvalue weighted by atomic mass is 19.4. The molecule has 0 spiro atoms. The first kappa shape index (κ1) is 19.6. The van der Waals surface area contributed by atoms with E-state index in [1.807, 2.05) is 0 Å². The summed E-state index contributed by atoms with van der Waals surface area (Å²) in [5.41, 5.74) is -2.34. The second kappa shape index (κ2) is 7.46. The van der Waals surface area contributed by atoms with Crippen LogP contribution in [0.5, 0.6) is 0 Å². The molecule has 2 aromatic carbocycles. The quantitative estimate of drug-likeness (QED) is 0.853. The van der Waals surface area contributed by atoms with E-state index in [9.17, 15) is 22.8 Å². The predicted molar refractivity (Wildman–Crippen MR) is 97.2 cm³/mol. The molecule has 146 valence electrons. The van der Waals surface area contributed by atoms with Crippen LogP contribution >= 0.6 is 0 Å². The fourth-order valence-corrected chi connectivity index (χ4v) is 2.91. The number of hydrogen-bond donors (Lipinski definition) is 1. The molecule has 0 fully saturated rings. The van der Waals surface area contributed by atoms with Gasteiger partial charge in [0.2, 0.25) is 5.91 Å². The third kappa shape index (κ3) is 3.49. The molecule has 1 heterocycles. The van der Waals surface area contributed by atoms with Gasteiger partial charge in [0.25, 0.3) is 5.91 Å². The molecule has 0 aliphatic carbocycles. The Kier molecular flexibility index (Phi) is 5.22. The van der Waals surface area contributed by atoms with E-state index in [-0.39, 0.29) is 18.8 Å². The fraction of sp³-hybridized carbons (Fsp3) is 0.250. The van der Waals surface area contributed by atoms with Crippen molar-refractivity contribution in [3.05, 3.63) is 71.8 Å². The van der Waals surface area contributed by atoms with E-state index in [1.165, 1.54) is 6.92 Å². The van der Waals surface area contributed by atoms with Gasteiger partial charge >= 0.3 is 11.8 Å². The van der Waals surface area contributed by atoms with Gasteiger partial charge in [0.1, 0.15) is 5.84 Å². The highest BCUT2D eigenvalue weighted by Gasteiger charge is 2.67. The zero-order valence-electron chi connectivity index (χ0n) is 15.0. The molecule has 28 heavy (non-hydrogen) atoms. The molecule has 1 atom stereocenters. The summed E-state index contributed by atoms with van der Waals surface area (Å²) >= 11 is 0. The summed E-state index contributed by atoms with van der Waals surface area (Å²) in [5.74, 6) is -2.38. The molecule has 1 aliphatic rings. The Bertz CT molecular complexity index is 898. The van der Waals surface area contributed by atoms with E-state index in [0.717, 1.165) is 4.90 Å². The number of rotatable bonds is 5. The van der Waals surface area contributed by atoms with E-state index < -0.39 is 23.7 Å². The fourth-order valence-electron chi connectivity index (χ4n) is 2.91. The summed E-state index contributed by atoms with van der Waals surface area (Å²) in [7, 11) is 0. The zero-order chi connectivity index (χ0) is 20.4.